The van der Waals surface area contributed by atoms with E-state index < -0.39 is 17.5 Å². The average Bonchev–Trinajstić information content (AvgIpc) is 3.07. The smallest absolute Gasteiger partial charge is 0.257 e. The van der Waals surface area contributed by atoms with E-state index in [9.17, 15) is 13.6 Å². The van der Waals surface area contributed by atoms with Crippen molar-refractivity contribution in [3.05, 3.63) is 59.8 Å². The van der Waals surface area contributed by atoms with Crippen LogP contribution in [-0.2, 0) is 0 Å². The van der Waals surface area contributed by atoms with E-state index in [4.69, 9.17) is 0 Å². The zero-order valence-corrected chi connectivity index (χ0v) is 13.3. The number of benzene rings is 1. The van der Waals surface area contributed by atoms with Gasteiger partial charge in [-0.2, -0.15) is 0 Å². The van der Waals surface area contributed by atoms with Gasteiger partial charge in [-0.15, -0.1) is 10.2 Å². The van der Waals surface area contributed by atoms with Gasteiger partial charge in [0.15, 0.2) is 5.65 Å². The highest BCUT2D eigenvalue weighted by molar-refractivity contribution is 5.94. The minimum absolute atomic E-state index is 0.235. The monoisotopic (exact) mass is 343 g/mol. The summed E-state index contributed by atoms with van der Waals surface area (Å²) in [6, 6.07) is 8.56. The van der Waals surface area contributed by atoms with Crippen LogP contribution >= 0.6 is 0 Å². The van der Waals surface area contributed by atoms with Crippen LogP contribution in [0.5, 0.6) is 0 Å². The molecule has 25 heavy (non-hydrogen) atoms. The van der Waals surface area contributed by atoms with Gasteiger partial charge in [-0.05, 0) is 30.3 Å². The molecule has 2 aromatic heterocycles. The molecule has 4 rings (SSSR count). The Balaban J connectivity index is 1.50. The molecule has 1 aliphatic rings. The van der Waals surface area contributed by atoms with Crippen molar-refractivity contribution < 1.29 is 13.6 Å². The lowest BCUT2D eigenvalue weighted by Gasteiger charge is -2.34. The molecule has 0 radical (unpaired) electrons. The second-order valence-electron chi connectivity index (χ2n) is 5.83. The lowest BCUT2D eigenvalue weighted by Crippen LogP contribution is -2.49. The number of rotatable bonds is 2. The number of pyridine rings is 1. The van der Waals surface area contributed by atoms with E-state index in [0.29, 0.717) is 32.1 Å². The predicted molar refractivity (Wildman–Crippen MR) is 87.5 cm³/mol. The highest BCUT2D eigenvalue weighted by Gasteiger charge is 2.26. The van der Waals surface area contributed by atoms with Gasteiger partial charge in [-0.3, -0.25) is 9.20 Å². The summed E-state index contributed by atoms with van der Waals surface area (Å²) in [4.78, 5) is 16.0. The number of hydrogen-bond donors (Lipinski definition) is 0. The van der Waals surface area contributed by atoms with E-state index >= 15 is 0 Å². The maximum atomic E-state index is 13.8. The van der Waals surface area contributed by atoms with Gasteiger partial charge in [0.05, 0.1) is 5.56 Å². The van der Waals surface area contributed by atoms with Gasteiger partial charge in [0.1, 0.15) is 11.6 Å². The Labute approximate surface area is 142 Å². The predicted octanol–water partition coefficient (Wildman–Crippen LogP) is 1.97. The highest BCUT2D eigenvalue weighted by atomic mass is 19.1. The second kappa shape index (κ2) is 6.12. The number of hydrogen-bond acceptors (Lipinski definition) is 4. The van der Waals surface area contributed by atoms with Gasteiger partial charge in [0.25, 0.3) is 5.91 Å². The molecular weight excluding hydrogens is 328 g/mol. The summed E-state index contributed by atoms with van der Waals surface area (Å²) in [5.74, 6) is -1.13. The molecule has 128 valence electrons. The number of piperazine rings is 1. The van der Waals surface area contributed by atoms with Crippen LogP contribution in [0.2, 0.25) is 0 Å². The third-order valence-corrected chi connectivity index (χ3v) is 4.30. The molecule has 0 spiro atoms. The van der Waals surface area contributed by atoms with Gasteiger partial charge in [-0.1, -0.05) is 6.07 Å². The largest absolute Gasteiger partial charge is 0.337 e. The van der Waals surface area contributed by atoms with Crippen molar-refractivity contribution in [2.75, 3.05) is 31.1 Å². The zero-order valence-electron chi connectivity index (χ0n) is 13.3. The van der Waals surface area contributed by atoms with Gasteiger partial charge in [-0.25, -0.2) is 8.78 Å². The van der Waals surface area contributed by atoms with Crippen molar-refractivity contribution in [2.24, 2.45) is 0 Å². The summed E-state index contributed by atoms with van der Waals surface area (Å²) in [6.45, 7) is 1.88. The third kappa shape index (κ3) is 2.79. The van der Waals surface area contributed by atoms with Crippen LogP contribution in [0.15, 0.2) is 42.6 Å². The minimum Gasteiger partial charge on any atom is -0.337 e. The number of nitrogens with zero attached hydrogens (tertiary/aromatic N) is 5. The van der Waals surface area contributed by atoms with Crippen LogP contribution < -0.4 is 4.90 Å². The Hall–Kier alpha value is -3.03. The first kappa shape index (κ1) is 15.5. The van der Waals surface area contributed by atoms with Crippen LogP contribution in [0, 0.1) is 11.6 Å². The molecule has 1 saturated heterocycles. The number of anilines is 1. The van der Waals surface area contributed by atoms with Crippen molar-refractivity contribution >= 4 is 17.5 Å². The van der Waals surface area contributed by atoms with Crippen molar-refractivity contribution in [1.29, 1.82) is 0 Å². The number of carbonyl (C=O) groups excluding carboxylic acids is 1. The Morgan fingerprint density at radius 2 is 1.80 bits per heavy atom. The van der Waals surface area contributed by atoms with Gasteiger partial charge in [0.2, 0.25) is 5.95 Å². The summed E-state index contributed by atoms with van der Waals surface area (Å²) in [5.41, 5.74) is 0.513. The topological polar surface area (TPSA) is 53.7 Å². The van der Waals surface area contributed by atoms with E-state index in [1.807, 2.05) is 33.7 Å². The van der Waals surface area contributed by atoms with E-state index in [2.05, 4.69) is 10.2 Å². The number of carbonyl (C=O) groups is 1. The molecular formula is C17H15F2N5O. The molecule has 3 heterocycles. The lowest BCUT2D eigenvalue weighted by atomic mass is 10.1. The molecule has 0 unspecified atom stereocenters. The van der Waals surface area contributed by atoms with E-state index in [-0.39, 0.29) is 5.56 Å². The molecule has 0 atom stereocenters. The number of halogens is 2. The van der Waals surface area contributed by atoms with Gasteiger partial charge >= 0.3 is 0 Å². The highest BCUT2D eigenvalue weighted by Crippen LogP contribution is 2.18. The molecule has 0 N–H and O–H groups in total. The van der Waals surface area contributed by atoms with E-state index in [1.54, 1.807) is 0 Å². The quantitative estimate of drug-likeness (QED) is 0.714. The molecule has 0 bridgehead atoms. The molecule has 1 aromatic carbocycles. The molecule has 3 aromatic rings. The fourth-order valence-electron chi connectivity index (χ4n) is 2.99. The van der Waals surface area contributed by atoms with Crippen LogP contribution in [0.1, 0.15) is 10.4 Å². The molecule has 1 fully saturated rings. The summed E-state index contributed by atoms with van der Waals surface area (Å²) < 4.78 is 29.0. The maximum Gasteiger partial charge on any atom is 0.257 e. The first-order chi connectivity index (χ1) is 12.1. The lowest BCUT2D eigenvalue weighted by molar-refractivity contribution is 0.0741. The first-order valence-corrected chi connectivity index (χ1v) is 7.92. The number of fused-ring (bicyclic) bond motifs is 1. The minimum atomic E-state index is -0.711. The van der Waals surface area contributed by atoms with Crippen LogP contribution in [0.4, 0.5) is 14.7 Å². The summed E-state index contributed by atoms with van der Waals surface area (Å²) in [6.07, 6.45) is 1.88. The molecule has 0 aliphatic carbocycles. The first-order valence-electron chi connectivity index (χ1n) is 7.92. The Kier molecular flexibility index (Phi) is 3.79. The second-order valence-corrected chi connectivity index (χ2v) is 5.83. The Morgan fingerprint density at radius 3 is 2.60 bits per heavy atom. The molecule has 0 saturated carbocycles. The Morgan fingerprint density at radius 1 is 1.00 bits per heavy atom. The Bertz CT molecular complexity index is 934. The van der Waals surface area contributed by atoms with Crippen molar-refractivity contribution in [3.8, 4) is 0 Å². The zero-order chi connectivity index (χ0) is 17.4. The van der Waals surface area contributed by atoms with Gasteiger partial charge in [0, 0.05) is 32.4 Å². The van der Waals surface area contributed by atoms with E-state index in [1.165, 1.54) is 4.90 Å². The molecule has 1 amide bonds. The average molecular weight is 343 g/mol. The van der Waals surface area contributed by atoms with Crippen LogP contribution in [-0.4, -0.2) is 51.6 Å². The van der Waals surface area contributed by atoms with Crippen molar-refractivity contribution in [1.82, 2.24) is 19.5 Å². The van der Waals surface area contributed by atoms with Crippen molar-refractivity contribution in [2.45, 2.75) is 0 Å². The standard InChI is InChI=1S/C17H15F2N5O/c18-12-4-5-14(19)13(11-12)16(25)22-7-9-23(10-8-22)17-21-20-15-3-1-2-6-24(15)17/h1-6,11H,7-10H2. The normalized spacial score (nSPS) is 15.0. The van der Waals surface area contributed by atoms with Crippen LogP contribution in [0.25, 0.3) is 5.65 Å². The molecule has 6 nitrogen and oxygen atoms in total. The summed E-state index contributed by atoms with van der Waals surface area (Å²) >= 11 is 0. The molecule has 1 aliphatic heterocycles. The fourth-order valence-corrected chi connectivity index (χ4v) is 2.99. The third-order valence-electron chi connectivity index (χ3n) is 4.30. The number of aromatic nitrogens is 3. The summed E-state index contributed by atoms with van der Waals surface area (Å²) in [7, 11) is 0. The SMILES string of the molecule is O=C(c1cc(F)ccc1F)N1CCN(c2nnc3ccccn23)CC1. The number of amides is 1. The maximum absolute atomic E-state index is 13.8. The van der Waals surface area contributed by atoms with Crippen molar-refractivity contribution in [3.63, 3.8) is 0 Å². The van der Waals surface area contributed by atoms with E-state index in [0.717, 1.165) is 23.8 Å². The van der Waals surface area contributed by atoms with Gasteiger partial charge < -0.3 is 9.80 Å². The summed E-state index contributed by atoms with van der Waals surface area (Å²) in [5, 5.41) is 8.31. The fraction of sp³-hybridized carbons (Fsp3) is 0.235. The molecule has 8 heteroatoms. The van der Waals surface area contributed by atoms with Crippen LogP contribution in [0.3, 0.4) is 0 Å².